The highest BCUT2D eigenvalue weighted by Crippen LogP contribution is 2.52. The first-order valence-corrected chi connectivity index (χ1v) is 10.7. The van der Waals surface area contributed by atoms with Gasteiger partial charge in [-0.1, -0.05) is 12.1 Å². The molecule has 6 nitrogen and oxygen atoms in total. The van der Waals surface area contributed by atoms with Crippen molar-refractivity contribution in [3.8, 4) is 11.5 Å². The summed E-state index contributed by atoms with van der Waals surface area (Å²) in [4.78, 5) is 25.7. The van der Waals surface area contributed by atoms with Crippen LogP contribution in [0.1, 0.15) is 41.6 Å². The molecular formula is C24H25FN2O4. The molecule has 0 unspecified atom stereocenters. The first-order valence-electron chi connectivity index (χ1n) is 10.7. The minimum Gasteiger partial charge on any atom is -0.497 e. The highest BCUT2D eigenvalue weighted by molar-refractivity contribution is 5.98. The van der Waals surface area contributed by atoms with Crippen LogP contribution in [-0.2, 0) is 11.3 Å². The number of rotatable bonds is 4. The van der Waals surface area contributed by atoms with Crippen LogP contribution in [0.5, 0.6) is 11.5 Å². The Hall–Kier alpha value is -3.09. The van der Waals surface area contributed by atoms with E-state index in [0.717, 1.165) is 18.4 Å². The average Bonchev–Trinajstić information content (AvgIpc) is 2.77. The number of fused-ring (bicyclic) bond motifs is 3. The standard InChI is InChI=1S/C24H25FN2O4/c1-30-18-7-8-19-21(11-18)31-24(27-23(19)29)12-15-5-6-16(24)10-20(15)22(28)26-13-14-3-2-4-17(25)9-14/h2-4,7-9,11,15-16,20H,5-6,10,12-13H2,1H3,(H,26,28)(H,27,29)/t15-,16+,20-,24+/m0/s1. The second-order valence-electron chi connectivity index (χ2n) is 8.74. The molecule has 1 spiro atoms. The molecule has 3 saturated carbocycles. The molecule has 2 N–H and O–H groups in total. The third-order valence-corrected chi connectivity index (χ3v) is 6.96. The van der Waals surface area contributed by atoms with Crippen LogP contribution in [0, 0.1) is 23.6 Å². The summed E-state index contributed by atoms with van der Waals surface area (Å²) in [6, 6.07) is 11.4. The first kappa shape index (κ1) is 19.8. The lowest BCUT2D eigenvalue weighted by molar-refractivity contribution is -0.146. The van der Waals surface area contributed by atoms with Crippen molar-refractivity contribution in [3.05, 3.63) is 59.4 Å². The molecule has 3 aliphatic carbocycles. The summed E-state index contributed by atoms with van der Waals surface area (Å²) in [5.41, 5.74) is 0.454. The van der Waals surface area contributed by atoms with Gasteiger partial charge in [0.1, 0.15) is 17.3 Å². The van der Waals surface area contributed by atoms with Crippen molar-refractivity contribution in [2.75, 3.05) is 7.11 Å². The second kappa shape index (κ2) is 7.55. The summed E-state index contributed by atoms with van der Waals surface area (Å²) >= 11 is 0. The van der Waals surface area contributed by atoms with Gasteiger partial charge < -0.3 is 20.1 Å². The summed E-state index contributed by atoms with van der Waals surface area (Å²) < 4.78 is 25.1. The van der Waals surface area contributed by atoms with Gasteiger partial charge in [0.15, 0.2) is 5.72 Å². The number of carbonyl (C=O) groups is 2. The molecule has 2 aromatic carbocycles. The Morgan fingerprint density at radius 1 is 1.29 bits per heavy atom. The Balaban J connectivity index is 1.30. The molecule has 4 aliphatic rings. The van der Waals surface area contributed by atoms with E-state index in [4.69, 9.17) is 9.47 Å². The summed E-state index contributed by atoms with van der Waals surface area (Å²) in [6.07, 6.45) is 3.07. The zero-order valence-corrected chi connectivity index (χ0v) is 17.3. The molecular weight excluding hydrogens is 399 g/mol. The largest absolute Gasteiger partial charge is 0.497 e. The van der Waals surface area contributed by atoms with E-state index in [2.05, 4.69) is 10.6 Å². The van der Waals surface area contributed by atoms with Gasteiger partial charge in [-0.2, -0.15) is 0 Å². The quantitative estimate of drug-likeness (QED) is 0.789. The lowest BCUT2D eigenvalue weighted by Gasteiger charge is -2.55. The van der Waals surface area contributed by atoms with Crippen molar-refractivity contribution in [1.29, 1.82) is 0 Å². The molecule has 3 fully saturated rings. The van der Waals surface area contributed by atoms with Crippen LogP contribution in [-0.4, -0.2) is 24.6 Å². The smallest absolute Gasteiger partial charge is 0.258 e. The highest BCUT2D eigenvalue weighted by atomic mass is 19.1. The molecule has 4 atom stereocenters. The fraction of sp³-hybridized carbons (Fsp3) is 0.417. The summed E-state index contributed by atoms with van der Waals surface area (Å²) in [5.74, 6) is 0.719. The topological polar surface area (TPSA) is 76.7 Å². The number of hydrogen-bond acceptors (Lipinski definition) is 4. The summed E-state index contributed by atoms with van der Waals surface area (Å²) in [7, 11) is 1.58. The van der Waals surface area contributed by atoms with Gasteiger partial charge in [-0.25, -0.2) is 4.39 Å². The molecule has 6 rings (SSSR count). The average molecular weight is 424 g/mol. The van der Waals surface area contributed by atoms with Crippen molar-refractivity contribution in [2.24, 2.45) is 17.8 Å². The second-order valence-corrected chi connectivity index (χ2v) is 8.74. The maximum Gasteiger partial charge on any atom is 0.258 e. The Morgan fingerprint density at radius 3 is 2.90 bits per heavy atom. The lowest BCUT2D eigenvalue weighted by atomic mass is 9.60. The number of amides is 2. The van der Waals surface area contributed by atoms with Gasteiger partial charge in [-0.05, 0) is 55.0 Å². The van der Waals surface area contributed by atoms with Gasteiger partial charge in [-0.3, -0.25) is 9.59 Å². The van der Waals surface area contributed by atoms with Crippen LogP contribution in [0.15, 0.2) is 42.5 Å². The Bertz CT molecular complexity index is 1040. The predicted octanol–water partition coefficient (Wildman–Crippen LogP) is 3.41. The van der Waals surface area contributed by atoms with Crippen molar-refractivity contribution >= 4 is 11.8 Å². The zero-order valence-electron chi connectivity index (χ0n) is 17.3. The van der Waals surface area contributed by atoms with E-state index < -0.39 is 5.72 Å². The number of halogens is 1. The van der Waals surface area contributed by atoms with Crippen LogP contribution in [0.2, 0.25) is 0 Å². The number of ether oxygens (including phenoxy) is 2. The van der Waals surface area contributed by atoms with E-state index in [1.165, 1.54) is 12.1 Å². The molecule has 2 aromatic rings. The molecule has 1 heterocycles. The minimum absolute atomic E-state index is 0.0157. The van der Waals surface area contributed by atoms with Gasteiger partial charge in [0.25, 0.3) is 5.91 Å². The van der Waals surface area contributed by atoms with Crippen LogP contribution in [0.25, 0.3) is 0 Å². The van der Waals surface area contributed by atoms with Gasteiger partial charge in [0.2, 0.25) is 5.91 Å². The van der Waals surface area contributed by atoms with E-state index in [-0.39, 0.29) is 35.4 Å². The maximum absolute atomic E-state index is 13.4. The Kier molecular flexibility index (Phi) is 4.84. The van der Waals surface area contributed by atoms with E-state index in [9.17, 15) is 14.0 Å². The van der Waals surface area contributed by atoms with Gasteiger partial charge in [-0.15, -0.1) is 0 Å². The highest BCUT2D eigenvalue weighted by Gasteiger charge is 2.57. The summed E-state index contributed by atoms with van der Waals surface area (Å²) in [6.45, 7) is 0.302. The molecule has 0 radical (unpaired) electrons. The van der Waals surface area contributed by atoms with E-state index in [0.29, 0.717) is 36.4 Å². The number of hydrogen-bond donors (Lipinski definition) is 2. The summed E-state index contributed by atoms with van der Waals surface area (Å²) in [5, 5.41) is 6.07. The van der Waals surface area contributed by atoms with Crippen LogP contribution in [0.3, 0.4) is 0 Å². The molecule has 31 heavy (non-hydrogen) atoms. The molecule has 2 bridgehead atoms. The van der Waals surface area contributed by atoms with E-state index in [1.807, 2.05) is 0 Å². The van der Waals surface area contributed by atoms with Crippen molar-refractivity contribution in [2.45, 2.75) is 38.0 Å². The monoisotopic (exact) mass is 424 g/mol. The molecule has 7 heteroatoms. The SMILES string of the molecule is COc1ccc2c(c1)O[C@@]1(C[C@@H]3CC[C@@H]1C[C@@H]3C(=O)NCc1cccc(F)c1)NC2=O. The molecule has 0 saturated heterocycles. The maximum atomic E-state index is 13.4. The van der Waals surface area contributed by atoms with Gasteiger partial charge >= 0.3 is 0 Å². The third kappa shape index (κ3) is 3.52. The van der Waals surface area contributed by atoms with Crippen molar-refractivity contribution in [3.63, 3.8) is 0 Å². The normalized spacial score (nSPS) is 28.5. The third-order valence-electron chi connectivity index (χ3n) is 6.96. The number of nitrogens with one attached hydrogen (secondary N) is 2. The zero-order chi connectivity index (χ0) is 21.6. The van der Waals surface area contributed by atoms with Crippen LogP contribution >= 0.6 is 0 Å². The predicted molar refractivity (Wildman–Crippen MR) is 111 cm³/mol. The number of carbonyl (C=O) groups excluding carboxylic acids is 2. The van der Waals surface area contributed by atoms with Gasteiger partial charge in [0.05, 0.1) is 12.7 Å². The lowest BCUT2D eigenvalue weighted by Crippen LogP contribution is -2.66. The van der Waals surface area contributed by atoms with Gasteiger partial charge in [0, 0.05) is 30.9 Å². The van der Waals surface area contributed by atoms with Crippen molar-refractivity contribution in [1.82, 2.24) is 10.6 Å². The van der Waals surface area contributed by atoms with Crippen LogP contribution < -0.4 is 20.1 Å². The molecule has 2 amide bonds. The number of benzene rings is 2. The molecule has 1 aliphatic heterocycles. The Morgan fingerprint density at radius 2 is 2.16 bits per heavy atom. The first-order chi connectivity index (χ1) is 15.0. The van der Waals surface area contributed by atoms with E-state index >= 15 is 0 Å². The van der Waals surface area contributed by atoms with E-state index in [1.54, 1.807) is 37.4 Å². The van der Waals surface area contributed by atoms with Crippen LogP contribution in [0.4, 0.5) is 4.39 Å². The fourth-order valence-electron chi connectivity index (χ4n) is 5.41. The molecule has 0 aromatic heterocycles. The number of methoxy groups -OCH3 is 1. The minimum atomic E-state index is -0.779. The fourth-order valence-corrected chi connectivity index (χ4v) is 5.41. The van der Waals surface area contributed by atoms with Crippen molar-refractivity contribution < 1.29 is 23.5 Å². The Labute approximate surface area is 180 Å². The molecule has 162 valence electrons.